The second-order valence-corrected chi connectivity index (χ2v) is 7.23. The van der Waals surface area contributed by atoms with Gasteiger partial charge in [-0.15, -0.1) is 0 Å². The monoisotopic (exact) mass is 323 g/mol. The third-order valence-electron chi connectivity index (χ3n) is 4.79. The highest BCUT2D eigenvalue weighted by atomic mass is 79.9. The summed E-state index contributed by atoms with van der Waals surface area (Å²) in [7, 11) is 1.76. The lowest BCUT2D eigenvalue weighted by Gasteiger charge is -2.49. The van der Waals surface area contributed by atoms with Crippen LogP contribution in [0.3, 0.4) is 0 Å². The first kappa shape index (κ1) is 13.6. The fourth-order valence-electron chi connectivity index (χ4n) is 3.65. The van der Waals surface area contributed by atoms with Gasteiger partial charge in [0.15, 0.2) is 0 Å². The first-order valence-corrected chi connectivity index (χ1v) is 7.93. The molecule has 1 spiro atoms. The zero-order valence-corrected chi connectivity index (χ0v) is 13.1. The van der Waals surface area contributed by atoms with E-state index in [1.165, 1.54) is 35.7 Å². The number of ether oxygens (including phenoxy) is 1. The Hall–Kier alpha value is -0.380. The Morgan fingerprint density at radius 2 is 1.89 bits per heavy atom. The fourth-order valence-corrected chi connectivity index (χ4v) is 3.92. The first-order valence-electron chi connectivity index (χ1n) is 7.14. The summed E-state index contributed by atoms with van der Waals surface area (Å²) in [5.74, 6) is 0. The first-order chi connectivity index (χ1) is 9.18. The molecule has 2 fully saturated rings. The van der Waals surface area contributed by atoms with Crippen molar-refractivity contribution in [3.05, 3.63) is 34.3 Å². The molecule has 0 aliphatic heterocycles. The van der Waals surface area contributed by atoms with Crippen LogP contribution in [0.5, 0.6) is 0 Å². The second-order valence-electron chi connectivity index (χ2n) is 6.31. The van der Waals surface area contributed by atoms with Crippen LogP contribution >= 0.6 is 15.9 Å². The summed E-state index contributed by atoms with van der Waals surface area (Å²) in [5, 5.41) is 3.57. The Labute approximate surface area is 124 Å². The smallest absolute Gasteiger partial charge is 0.0587 e. The summed E-state index contributed by atoms with van der Waals surface area (Å²) in [6.07, 6.45) is 5.62. The summed E-state index contributed by atoms with van der Waals surface area (Å²) in [4.78, 5) is 0. The van der Waals surface area contributed by atoms with E-state index in [0.717, 1.165) is 25.1 Å². The third kappa shape index (κ3) is 2.74. The van der Waals surface area contributed by atoms with Crippen molar-refractivity contribution in [1.82, 2.24) is 5.32 Å². The van der Waals surface area contributed by atoms with E-state index in [1.807, 2.05) is 0 Å². The van der Waals surface area contributed by atoms with Crippen LogP contribution in [0.15, 0.2) is 28.7 Å². The highest BCUT2D eigenvalue weighted by Gasteiger charge is 2.60. The minimum absolute atomic E-state index is 0.366. The van der Waals surface area contributed by atoms with Gasteiger partial charge in [0, 0.05) is 30.1 Å². The molecule has 0 radical (unpaired) electrons. The van der Waals surface area contributed by atoms with E-state index in [0.29, 0.717) is 5.41 Å². The molecule has 1 aromatic carbocycles. The molecular weight excluding hydrogens is 302 g/mol. The largest absolute Gasteiger partial charge is 0.383 e. The van der Waals surface area contributed by atoms with Gasteiger partial charge in [-0.3, -0.25) is 0 Å². The van der Waals surface area contributed by atoms with Gasteiger partial charge in [0.2, 0.25) is 0 Å². The number of hydrogen-bond acceptors (Lipinski definition) is 2. The van der Waals surface area contributed by atoms with Gasteiger partial charge in [0.25, 0.3) is 0 Å². The topological polar surface area (TPSA) is 21.3 Å². The maximum atomic E-state index is 5.11. The van der Waals surface area contributed by atoms with E-state index in [9.17, 15) is 0 Å². The molecule has 3 heteroatoms. The van der Waals surface area contributed by atoms with Crippen molar-refractivity contribution in [2.45, 2.75) is 31.1 Å². The number of rotatable bonds is 6. The Morgan fingerprint density at radius 3 is 2.47 bits per heavy atom. The summed E-state index contributed by atoms with van der Waals surface area (Å²) < 4.78 is 6.28. The molecule has 0 saturated heterocycles. The van der Waals surface area contributed by atoms with Crippen molar-refractivity contribution in [2.75, 3.05) is 26.8 Å². The van der Waals surface area contributed by atoms with Gasteiger partial charge < -0.3 is 10.1 Å². The Kier molecular flexibility index (Phi) is 3.71. The number of hydrogen-bond donors (Lipinski definition) is 1. The standard InChI is InChI=1S/C16H22BrNO/c1-19-9-8-18-12-16(10-15(11-16)6-7-15)13-2-4-14(17)5-3-13/h2-5,18H,6-12H2,1H3. The minimum Gasteiger partial charge on any atom is -0.383 e. The second kappa shape index (κ2) is 5.19. The quantitative estimate of drug-likeness (QED) is 0.809. The van der Waals surface area contributed by atoms with Gasteiger partial charge in [-0.05, 0) is 48.8 Å². The molecule has 0 atom stereocenters. The molecule has 0 heterocycles. The molecule has 19 heavy (non-hydrogen) atoms. The number of nitrogens with one attached hydrogen (secondary N) is 1. The predicted molar refractivity (Wildman–Crippen MR) is 81.5 cm³/mol. The highest BCUT2D eigenvalue weighted by Crippen LogP contribution is 2.68. The highest BCUT2D eigenvalue weighted by molar-refractivity contribution is 9.10. The molecule has 3 rings (SSSR count). The van der Waals surface area contributed by atoms with Gasteiger partial charge in [-0.1, -0.05) is 28.1 Å². The summed E-state index contributed by atoms with van der Waals surface area (Å²) in [6, 6.07) is 8.92. The van der Waals surface area contributed by atoms with E-state index < -0.39 is 0 Å². The maximum absolute atomic E-state index is 5.11. The fraction of sp³-hybridized carbons (Fsp3) is 0.625. The van der Waals surface area contributed by atoms with E-state index in [1.54, 1.807) is 7.11 Å². The molecular formula is C16H22BrNO. The average Bonchev–Trinajstić information content (AvgIpc) is 3.14. The lowest BCUT2D eigenvalue weighted by molar-refractivity contribution is 0.112. The molecule has 0 aromatic heterocycles. The van der Waals surface area contributed by atoms with Crippen LogP contribution in [0.4, 0.5) is 0 Å². The molecule has 104 valence electrons. The van der Waals surface area contributed by atoms with E-state index in [-0.39, 0.29) is 0 Å². The number of benzene rings is 1. The van der Waals surface area contributed by atoms with Crippen LogP contribution in [0, 0.1) is 5.41 Å². The normalized spacial score (nSPS) is 22.2. The summed E-state index contributed by atoms with van der Waals surface area (Å²) in [5.41, 5.74) is 2.58. The van der Waals surface area contributed by atoms with Gasteiger partial charge in [0.1, 0.15) is 0 Å². The molecule has 0 unspecified atom stereocenters. The Balaban J connectivity index is 1.68. The minimum atomic E-state index is 0.366. The average molecular weight is 324 g/mol. The van der Waals surface area contributed by atoms with Crippen LogP contribution in [0.2, 0.25) is 0 Å². The molecule has 0 amide bonds. The van der Waals surface area contributed by atoms with Crippen molar-refractivity contribution in [1.29, 1.82) is 0 Å². The van der Waals surface area contributed by atoms with Crippen molar-refractivity contribution in [3.8, 4) is 0 Å². The molecule has 1 N–H and O–H groups in total. The summed E-state index contributed by atoms with van der Waals surface area (Å²) in [6.45, 7) is 2.82. The van der Waals surface area contributed by atoms with Gasteiger partial charge in [-0.2, -0.15) is 0 Å². The molecule has 2 aliphatic carbocycles. The maximum Gasteiger partial charge on any atom is 0.0587 e. The van der Waals surface area contributed by atoms with E-state index >= 15 is 0 Å². The van der Waals surface area contributed by atoms with Crippen molar-refractivity contribution < 1.29 is 4.74 Å². The number of methoxy groups -OCH3 is 1. The van der Waals surface area contributed by atoms with Crippen molar-refractivity contribution in [2.24, 2.45) is 5.41 Å². The van der Waals surface area contributed by atoms with Crippen molar-refractivity contribution >= 4 is 15.9 Å². The number of halogens is 1. The molecule has 2 saturated carbocycles. The lowest BCUT2D eigenvalue weighted by atomic mass is 9.56. The van der Waals surface area contributed by atoms with E-state index in [4.69, 9.17) is 4.74 Å². The molecule has 2 aliphatic rings. The Bertz CT molecular complexity index is 431. The zero-order chi connectivity index (χ0) is 13.3. The third-order valence-corrected chi connectivity index (χ3v) is 5.32. The van der Waals surface area contributed by atoms with Crippen LogP contribution in [0.25, 0.3) is 0 Å². The Morgan fingerprint density at radius 1 is 1.21 bits per heavy atom. The predicted octanol–water partition coefficient (Wildman–Crippen LogP) is 3.50. The lowest BCUT2D eigenvalue weighted by Crippen LogP contribution is -2.50. The zero-order valence-electron chi connectivity index (χ0n) is 11.5. The van der Waals surface area contributed by atoms with Crippen LogP contribution < -0.4 is 5.32 Å². The molecule has 2 nitrogen and oxygen atoms in total. The summed E-state index contributed by atoms with van der Waals surface area (Å²) >= 11 is 3.53. The molecule has 1 aromatic rings. The van der Waals surface area contributed by atoms with Crippen LogP contribution in [-0.2, 0) is 10.2 Å². The SMILES string of the molecule is COCCNCC1(c2ccc(Br)cc2)CC2(CC2)C1. The van der Waals surface area contributed by atoms with Crippen molar-refractivity contribution in [3.63, 3.8) is 0 Å². The van der Waals surface area contributed by atoms with Gasteiger partial charge in [0.05, 0.1) is 6.61 Å². The van der Waals surface area contributed by atoms with Gasteiger partial charge in [-0.25, -0.2) is 0 Å². The van der Waals surface area contributed by atoms with E-state index in [2.05, 4.69) is 45.5 Å². The van der Waals surface area contributed by atoms with Crippen LogP contribution in [0.1, 0.15) is 31.2 Å². The van der Waals surface area contributed by atoms with Gasteiger partial charge >= 0.3 is 0 Å². The van der Waals surface area contributed by atoms with Crippen LogP contribution in [-0.4, -0.2) is 26.8 Å². The molecule has 0 bridgehead atoms.